The Morgan fingerprint density at radius 3 is 2.66 bits per heavy atom. The second-order valence-corrected chi connectivity index (χ2v) is 6.99. The number of anilines is 2. The highest BCUT2D eigenvalue weighted by molar-refractivity contribution is 7.97. The van der Waals surface area contributed by atoms with Gasteiger partial charge in [0.15, 0.2) is 0 Å². The largest absolute Gasteiger partial charge is 0.469 e. The fourth-order valence-electron chi connectivity index (χ4n) is 2.60. The van der Waals surface area contributed by atoms with Crippen LogP contribution in [0.25, 0.3) is 0 Å². The summed E-state index contributed by atoms with van der Waals surface area (Å²) >= 11 is 1.11. The number of hydrogen-bond donors (Lipinski definition) is 3. The summed E-state index contributed by atoms with van der Waals surface area (Å²) in [7, 11) is 1.20. The van der Waals surface area contributed by atoms with Crippen molar-refractivity contribution in [2.24, 2.45) is 0 Å². The van der Waals surface area contributed by atoms with E-state index < -0.39 is 29.6 Å². The van der Waals surface area contributed by atoms with Crippen LogP contribution < -0.4 is 15.8 Å². The maximum Gasteiger partial charge on any atom is 0.416 e. The molecule has 0 saturated carbocycles. The van der Waals surface area contributed by atoms with Crippen molar-refractivity contribution < 1.29 is 27.1 Å². The Morgan fingerprint density at radius 1 is 1.28 bits per heavy atom. The molecule has 0 amide bonds. The first-order chi connectivity index (χ1) is 13.6. The highest BCUT2D eigenvalue weighted by Crippen LogP contribution is 2.32. The van der Waals surface area contributed by atoms with Gasteiger partial charge in [-0.1, -0.05) is 24.1 Å². The number of nitrogens with two attached hydrogens (primary N) is 1. The predicted molar refractivity (Wildman–Crippen MR) is 106 cm³/mol. The first-order valence-corrected chi connectivity index (χ1v) is 9.51. The lowest BCUT2D eigenvalue weighted by atomic mass is 10.0. The van der Waals surface area contributed by atoms with Crippen molar-refractivity contribution >= 4 is 29.3 Å². The molecule has 2 aromatic rings. The van der Waals surface area contributed by atoms with E-state index in [-0.39, 0.29) is 12.3 Å². The molecule has 5 nitrogen and oxygen atoms in total. The Bertz CT molecular complexity index is 862. The van der Waals surface area contributed by atoms with E-state index in [2.05, 4.69) is 14.8 Å². The van der Waals surface area contributed by atoms with E-state index in [1.54, 1.807) is 6.92 Å². The minimum atomic E-state index is -4.49. The molecule has 0 aromatic heterocycles. The summed E-state index contributed by atoms with van der Waals surface area (Å²) in [5, 5.41) is 2.97. The summed E-state index contributed by atoms with van der Waals surface area (Å²) in [5.41, 5.74) is 6.48. The fourth-order valence-corrected chi connectivity index (χ4v) is 3.32. The molecule has 4 N–H and O–H groups in total. The molecular weight excluding hydrogens is 410 g/mol. The molecule has 0 aliphatic rings. The van der Waals surface area contributed by atoms with E-state index in [4.69, 9.17) is 5.73 Å². The minimum absolute atomic E-state index is 0.161. The Balaban J connectivity index is 2.08. The summed E-state index contributed by atoms with van der Waals surface area (Å²) in [6, 6.07) is 6.71. The molecule has 1 unspecified atom stereocenters. The third kappa shape index (κ3) is 6.26. The zero-order chi connectivity index (χ0) is 21.6. The van der Waals surface area contributed by atoms with Gasteiger partial charge in [-0.15, -0.1) is 0 Å². The summed E-state index contributed by atoms with van der Waals surface area (Å²) in [4.78, 5) is 11.7. The van der Waals surface area contributed by atoms with Gasteiger partial charge in [0.25, 0.3) is 0 Å². The number of rotatable bonds is 8. The minimum Gasteiger partial charge on any atom is -0.469 e. The van der Waals surface area contributed by atoms with E-state index >= 15 is 0 Å². The number of alkyl halides is 3. The number of ether oxygens (including phenoxy) is 1. The van der Waals surface area contributed by atoms with Crippen LogP contribution in [0.1, 0.15) is 29.2 Å². The predicted octanol–water partition coefficient (Wildman–Crippen LogP) is 4.65. The van der Waals surface area contributed by atoms with Gasteiger partial charge in [0.2, 0.25) is 0 Å². The second kappa shape index (κ2) is 9.84. The number of nitrogens with one attached hydrogen (secondary N) is 2. The number of hydrogen-bond acceptors (Lipinski definition) is 6. The van der Waals surface area contributed by atoms with Gasteiger partial charge in [0.1, 0.15) is 5.82 Å². The van der Waals surface area contributed by atoms with Crippen molar-refractivity contribution in [2.45, 2.75) is 25.6 Å². The monoisotopic (exact) mass is 431 g/mol. The van der Waals surface area contributed by atoms with Crippen LogP contribution in [-0.4, -0.2) is 19.0 Å². The quantitative estimate of drug-likeness (QED) is 0.141. The Labute approximate surface area is 170 Å². The standard InChI is InChI=1S/C19H21F4N3O2S/c1-11-14(20)6-7-15(24)18(11)25-10-29-26-16(9-17(27)28-2)12-4-3-5-13(8-12)19(21,22)23/h3-8,16,25-26H,9-10,24H2,1-2H3. The lowest BCUT2D eigenvalue weighted by molar-refractivity contribution is -0.141. The average molecular weight is 431 g/mol. The first-order valence-electron chi connectivity index (χ1n) is 8.53. The van der Waals surface area contributed by atoms with E-state index in [9.17, 15) is 22.4 Å². The number of esters is 1. The fraction of sp³-hybridized carbons (Fsp3) is 0.316. The lowest BCUT2D eigenvalue weighted by Gasteiger charge is -2.20. The third-order valence-corrected chi connectivity index (χ3v) is 4.93. The van der Waals surface area contributed by atoms with E-state index in [0.717, 1.165) is 24.1 Å². The van der Waals surface area contributed by atoms with Gasteiger partial charge in [-0.05, 0) is 36.8 Å². The second-order valence-electron chi connectivity index (χ2n) is 6.18. The van der Waals surface area contributed by atoms with Gasteiger partial charge in [0.05, 0.1) is 42.4 Å². The van der Waals surface area contributed by atoms with Gasteiger partial charge < -0.3 is 15.8 Å². The van der Waals surface area contributed by atoms with Gasteiger partial charge in [0, 0.05) is 5.56 Å². The van der Waals surface area contributed by atoms with Crippen LogP contribution in [-0.2, 0) is 15.7 Å². The van der Waals surface area contributed by atoms with Gasteiger partial charge in [-0.25, -0.2) is 4.39 Å². The van der Waals surface area contributed by atoms with Crippen LogP contribution in [0.5, 0.6) is 0 Å². The molecule has 2 rings (SSSR count). The first kappa shape index (κ1) is 22.8. The van der Waals surface area contributed by atoms with Crippen LogP contribution in [0.15, 0.2) is 36.4 Å². The summed E-state index contributed by atoms with van der Waals surface area (Å²) in [6.45, 7) is 1.58. The zero-order valence-corrected chi connectivity index (χ0v) is 16.6. The van der Waals surface area contributed by atoms with Crippen LogP contribution in [0.3, 0.4) is 0 Å². The molecule has 0 radical (unpaired) electrons. The molecule has 29 heavy (non-hydrogen) atoms. The number of carbonyl (C=O) groups is 1. The molecular formula is C19H21F4N3O2S. The van der Waals surface area contributed by atoms with Gasteiger partial charge >= 0.3 is 12.1 Å². The number of nitrogen functional groups attached to an aromatic ring is 1. The molecule has 0 aliphatic heterocycles. The molecule has 2 aromatic carbocycles. The Hall–Kier alpha value is -2.46. The van der Waals surface area contributed by atoms with E-state index in [0.29, 0.717) is 22.5 Å². The van der Waals surface area contributed by atoms with Crippen molar-refractivity contribution in [3.8, 4) is 0 Å². The van der Waals surface area contributed by atoms with Crippen LogP contribution in [0, 0.1) is 12.7 Å². The van der Waals surface area contributed by atoms with E-state index in [1.807, 2.05) is 0 Å². The highest BCUT2D eigenvalue weighted by Gasteiger charge is 2.31. The maximum absolute atomic E-state index is 13.7. The maximum atomic E-state index is 13.7. The van der Waals surface area contributed by atoms with Crippen molar-refractivity contribution in [1.29, 1.82) is 0 Å². The van der Waals surface area contributed by atoms with Crippen LogP contribution in [0.4, 0.5) is 28.9 Å². The molecule has 0 bridgehead atoms. The molecule has 0 fully saturated rings. The SMILES string of the molecule is COC(=O)CC(NSCNc1c(N)ccc(F)c1C)c1cccc(C(F)(F)F)c1. The molecule has 0 saturated heterocycles. The third-order valence-electron chi connectivity index (χ3n) is 4.19. The summed E-state index contributed by atoms with van der Waals surface area (Å²) in [6.07, 6.45) is -4.65. The normalized spacial score (nSPS) is 12.5. The number of carbonyl (C=O) groups excluding carboxylic acids is 1. The molecule has 0 spiro atoms. The number of methoxy groups -OCH3 is 1. The van der Waals surface area contributed by atoms with Gasteiger partial charge in [-0.2, -0.15) is 13.2 Å². The van der Waals surface area contributed by atoms with Crippen molar-refractivity contribution in [2.75, 3.05) is 24.0 Å². The number of benzene rings is 2. The summed E-state index contributed by atoms with van der Waals surface area (Å²) in [5.74, 6) is -0.753. The molecule has 1 atom stereocenters. The molecule has 158 valence electrons. The van der Waals surface area contributed by atoms with Crippen molar-refractivity contribution in [1.82, 2.24) is 4.72 Å². The lowest BCUT2D eigenvalue weighted by Crippen LogP contribution is -2.21. The highest BCUT2D eigenvalue weighted by atomic mass is 32.2. The summed E-state index contributed by atoms with van der Waals surface area (Å²) < 4.78 is 60.2. The molecule has 0 heterocycles. The van der Waals surface area contributed by atoms with Crippen LogP contribution in [0.2, 0.25) is 0 Å². The molecule has 0 aliphatic carbocycles. The molecule has 10 heteroatoms. The van der Waals surface area contributed by atoms with E-state index in [1.165, 1.54) is 31.4 Å². The Morgan fingerprint density at radius 2 is 2.00 bits per heavy atom. The van der Waals surface area contributed by atoms with Crippen LogP contribution >= 0.6 is 11.9 Å². The van der Waals surface area contributed by atoms with Crippen molar-refractivity contribution in [3.05, 3.63) is 58.9 Å². The average Bonchev–Trinajstić information content (AvgIpc) is 2.68. The number of halogens is 4. The topological polar surface area (TPSA) is 76.4 Å². The Kier molecular flexibility index (Phi) is 7.74. The van der Waals surface area contributed by atoms with Crippen molar-refractivity contribution in [3.63, 3.8) is 0 Å². The zero-order valence-electron chi connectivity index (χ0n) is 15.8. The smallest absolute Gasteiger partial charge is 0.416 e. The van der Waals surface area contributed by atoms with Gasteiger partial charge in [-0.3, -0.25) is 9.52 Å².